The number of piperidine rings is 1. The zero-order valence-electron chi connectivity index (χ0n) is 15.1. The Morgan fingerprint density at radius 1 is 1.23 bits per heavy atom. The average Bonchev–Trinajstić information content (AvgIpc) is 2.60. The van der Waals surface area contributed by atoms with Crippen LogP contribution in [-0.4, -0.2) is 35.1 Å². The van der Waals surface area contributed by atoms with Gasteiger partial charge < -0.3 is 14.7 Å². The second-order valence-electron chi connectivity index (χ2n) is 7.08. The number of hydrogen-bond acceptors (Lipinski definition) is 3. The Balaban J connectivity index is 1.70. The Labute approximate surface area is 153 Å². The first-order valence-electron chi connectivity index (χ1n) is 8.94. The summed E-state index contributed by atoms with van der Waals surface area (Å²) in [5.41, 5.74) is 1.38. The molecule has 0 radical (unpaired) electrons. The number of rotatable bonds is 5. The molecule has 5 heteroatoms. The molecule has 2 aromatic carbocycles. The summed E-state index contributed by atoms with van der Waals surface area (Å²) in [5, 5.41) is 9.62. The summed E-state index contributed by atoms with van der Waals surface area (Å²) in [7, 11) is 0. The third-order valence-electron chi connectivity index (χ3n) is 4.70. The van der Waals surface area contributed by atoms with Crippen molar-refractivity contribution in [3.05, 3.63) is 48.3 Å². The van der Waals surface area contributed by atoms with Crippen molar-refractivity contribution in [2.75, 3.05) is 13.2 Å². The first kappa shape index (κ1) is 18.2. The molecule has 0 aliphatic carbocycles. The van der Waals surface area contributed by atoms with Gasteiger partial charge >= 0.3 is 0 Å². The number of hydrogen-bond donors (Lipinski definition) is 1. The normalized spacial score (nSPS) is 17.6. The van der Waals surface area contributed by atoms with Crippen LogP contribution in [-0.2, 0) is 4.79 Å². The van der Waals surface area contributed by atoms with E-state index in [1.807, 2.05) is 24.8 Å². The predicted molar refractivity (Wildman–Crippen MR) is 98.6 cm³/mol. The second kappa shape index (κ2) is 7.77. The number of phenolic OH excluding ortho intramolecular Hbond substituents is 1. The zero-order valence-corrected chi connectivity index (χ0v) is 15.1. The first-order valence-corrected chi connectivity index (χ1v) is 8.94. The van der Waals surface area contributed by atoms with Crippen molar-refractivity contribution < 1.29 is 19.0 Å². The maximum Gasteiger partial charge on any atom is 0.222 e. The van der Waals surface area contributed by atoms with Gasteiger partial charge in [-0.15, -0.1) is 0 Å². The summed E-state index contributed by atoms with van der Waals surface area (Å²) >= 11 is 0. The van der Waals surface area contributed by atoms with Crippen LogP contribution < -0.4 is 4.74 Å². The monoisotopic (exact) mass is 357 g/mol. The fourth-order valence-corrected chi connectivity index (χ4v) is 3.29. The lowest BCUT2D eigenvalue weighted by Gasteiger charge is -2.35. The molecule has 1 N–H and O–H groups in total. The van der Waals surface area contributed by atoms with Crippen molar-refractivity contribution in [3.63, 3.8) is 0 Å². The van der Waals surface area contributed by atoms with E-state index in [2.05, 4.69) is 0 Å². The average molecular weight is 357 g/mol. The van der Waals surface area contributed by atoms with Gasteiger partial charge in [-0.1, -0.05) is 12.1 Å². The van der Waals surface area contributed by atoms with Crippen LogP contribution >= 0.6 is 0 Å². The van der Waals surface area contributed by atoms with Crippen molar-refractivity contribution in [2.45, 2.75) is 32.7 Å². The lowest BCUT2D eigenvalue weighted by molar-refractivity contribution is -0.137. The van der Waals surface area contributed by atoms with Crippen LogP contribution in [0.4, 0.5) is 4.39 Å². The number of likely N-dealkylation sites (tertiary alicyclic amines) is 1. The molecule has 1 heterocycles. The third kappa shape index (κ3) is 4.34. The molecule has 4 nitrogen and oxygen atoms in total. The highest BCUT2D eigenvalue weighted by atomic mass is 19.1. The number of amides is 1. The molecule has 3 rings (SSSR count). The van der Waals surface area contributed by atoms with Crippen molar-refractivity contribution in [1.82, 2.24) is 4.90 Å². The third-order valence-corrected chi connectivity index (χ3v) is 4.70. The van der Waals surface area contributed by atoms with Crippen molar-refractivity contribution in [2.24, 2.45) is 5.92 Å². The summed E-state index contributed by atoms with van der Waals surface area (Å²) in [6, 6.07) is 11.4. The molecule has 2 aromatic rings. The number of halogens is 1. The molecule has 1 aliphatic rings. The van der Waals surface area contributed by atoms with Gasteiger partial charge in [-0.05, 0) is 55.7 Å². The van der Waals surface area contributed by atoms with Crippen LogP contribution in [0.25, 0.3) is 11.1 Å². The van der Waals surface area contributed by atoms with Gasteiger partial charge in [0.2, 0.25) is 5.91 Å². The van der Waals surface area contributed by atoms with E-state index < -0.39 is 0 Å². The summed E-state index contributed by atoms with van der Waals surface area (Å²) in [5.74, 6) is 0.630. The number of carbonyl (C=O) groups is 1. The van der Waals surface area contributed by atoms with E-state index >= 15 is 0 Å². The predicted octanol–water partition coefficient (Wildman–Crippen LogP) is 4.22. The van der Waals surface area contributed by atoms with E-state index in [0.29, 0.717) is 30.9 Å². The maximum absolute atomic E-state index is 14.0. The molecule has 0 bridgehead atoms. The number of carbonyl (C=O) groups excluding carboxylic acids is 1. The van der Waals surface area contributed by atoms with Crippen molar-refractivity contribution >= 4 is 5.91 Å². The Kier molecular flexibility index (Phi) is 5.45. The topological polar surface area (TPSA) is 49.8 Å². The Hall–Kier alpha value is -2.56. The van der Waals surface area contributed by atoms with Crippen LogP contribution in [0.1, 0.15) is 26.7 Å². The smallest absolute Gasteiger partial charge is 0.222 e. The fourth-order valence-electron chi connectivity index (χ4n) is 3.29. The van der Waals surface area contributed by atoms with Crippen LogP contribution in [0.5, 0.6) is 11.5 Å². The number of aromatic hydroxyl groups is 1. The van der Waals surface area contributed by atoms with Gasteiger partial charge in [0.05, 0.1) is 6.61 Å². The fraction of sp³-hybridized carbons (Fsp3) is 0.381. The van der Waals surface area contributed by atoms with E-state index in [1.165, 1.54) is 12.1 Å². The van der Waals surface area contributed by atoms with Crippen LogP contribution in [0.3, 0.4) is 0 Å². The highest BCUT2D eigenvalue weighted by Gasteiger charge is 2.27. The van der Waals surface area contributed by atoms with E-state index in [0.717, 1.165) is 12.0 Å². The van der Waals surface area contributed by atoms with Crippen LogP contribution in [0.15, 0.2) is 42.5 Å². The quantitative estimate of drug-likeness (QED) is 0.871. The molecule has 0 spiro atoms. The number of nitrogens with zero attached hydrogens (tertiary/aromatic N) is 1. The van der Waals surface area contributed by atoms with Gasteiger partial charge in [0, 0.05) is 31.0 Å². The summed E-state index contributed by atoms with van der Waals surface area (Å²) in [6.45, 7) is 5.13. The number of ether oxygens (including phenoxy) is 1. The molecule has 26 heavy (non-hydrogen) atoms. The van der Waals surface area contributed by atoms with Crippen molar-refractivity contribution in [3.8, 4) is 22.6 Å². The van der Waals surface area contributed by atoms with E-state index in [-0.39, 0.29) is 29.4 Å². The van der Waals surface area contributed by atoms with Crippen molar-refractivity contribution in [1.29, 1.82) is 0 Å². The molecule has 0 aromatic heterocycles. The molecular formula is C21H24FNO3. The molecule has 1 unspecified atom stereocenters. The SMILES string of the molecule is CC(C)N1CC(COc2cc(F)cc(-c3cccc(O)c3)c2)CCC1=O. The zero-order chi connectivity index (χ0) is 18.7. The van der Waals surface area contributed by atoms with E-state index in [4.69, 9.17) is 4.74 Å². The van der Waals surface area contributed by atoms with Crippen LogP contribution in [0.2, 0.25) is 0 Å². The maximum atomic E-state index is 14.0. The molecule has 1 atom stereocenters. The lowest BCUT2D eigenvalue weighted by atomic mass is 9.97. The van der Waals surface area contributed by atoms with E-state index in [1.54, 1.807) is 24.3 Å². The molecule has 138 valence electrons. The number of phenols is 1. The van der Waals surface area contributed by atoms with E-state index in [9.17, 15) is 14.3 Å². The summed E-state index contributed by atoms with van der Waals surface area (Å²) < 4.78 is 19.8. The Bertz CT molecular complexity index is 791. The molecule has 1 fully saturated rings. The Morgan fingerprint density at radius 3 is 2.77 bits per heavy atom. The lowest BCUT2D eigenvalue weighted by Crippen LogP contribution is -2.45. The highest BCUT2D eigenvalue weighted by molar-refractivity contribution is 5.77. The number of benzene rings is 2. The van der Waals surface area contributed by atoms with Gasteiger partial charge in [-0.25, -0.2) is 4.39 Å². The molecular weight excluding hydrogens is 333 g/mol. The standard InChI is InChI=1S/C21H24FNO3/c1-14(2)23-12-15(6-7-21(23)25)13-26-20-10-17(8-18(22)11-20)16-4-3-5-19(24)9-16/h3-5,8-11,14-15,24H,6-7,12-13H2,1-2H3. The van der Waals surface area contributed by atoms with Gasteiger partial charge in [0.15, 0.2) is 0 Å². The largest absolute Gasteiger partial charge is 0.508 e. The minimum Gasteiger partial charge on any atom is -0.508 e. The molecule has 1 amide bonds. The molecule has 1 aliphatic heterocycles. The minimum absolute atomic E-state index is 0.134. The highest BCUT2D eigenvalue weighted by Crippen LogP contribution is 2.29. The van der Waals surface area contributed by atoms with Gasteiger partial charge in [-0.3, -0.25) is 4.79 Å². The summed E-state index contributed by atoms with van der Waals surface area (Å²) in [6.07, 6.45) is 1.32. The van der Waals surface area contributed by atoms with Gasteiger partial charge in [-0.2, -0.15) is 0 Å². The Morgan fingerprint density at radius 2 is 2.04 bits per heavy atom. The molecule has 0 saturated carbocycles. The van der Waals surface area contributed by atoms with Crippen LogP contribution in [0, 0.1) is 11.7 Å². The van der Waals surface area contributed by atoms with Gasteiger partial charge in [0.1, 0.15) is 17.3 Å². The second-order valence-corrected chi connectivity index (χ2v) is 7.08. The van der Waals surface area contributed by atoms with Gasteiger partial charge in [0.25, 0.3) is 0 Å². The minimum atomic E-state index is -0.386. The first-order chi connectivity index (χ1) is 12.4. The summed E-state index contributed by atoms with van der Waals surface area (Å²) in [4.78, 5) is 13.8. The molecule has 1 saturated heterocycles.